The fourth-order valence-electron chi connectivity index (χ4n) is 2.14. The Morgan fingerprint density at radius 2 is 1.81 bits per heavy atom. The molecule has 1 amide bonds. The molecule has 0 saturated carbocycles. The highest BCUT2D eigenvalue weighted by atomic mass is 35.5. The maximum Gasteiger partial charge on any atom is 0.254 e. The lowest BCUT2D eigenvalue weighted by Gasteiger charge is -2.06. The van der Waals surface area contributed by atoms with E-state index in [1.54, 1.807) is 0 Å². The highest BCUT2D eigenvalue weighted by molar-refractivity contribution is 6.32. The smallest absolute Gasteiger partial charge is 0.254 e. The van der Waals surface area contributed by atoms with E-state index in [1.165, 1.54) is 38.5 Å². The third kappa shape index (κ3) is 7.42. The molecular formula is C16H24ClFN2O. The van der Waals surface area contributed by atoms with Gasteiger partial charge in [-0.25, -0.2) is 9.37 Å². The van der Waals surface area contributed by atoms with Crippen LogP contribution < -0.4 is 5.32 Å². The quantitative estimate of drug-likeness (QED) is 0.500. The molecule has 0 saturated heterocycles. The number of amides is 1. The molecule has 5 heteroatoms. The summed E-state index contributed by atoms with van der Waals surface area (Å²) in [5.74, 6) is -0.924. The predicted octanol–water partition coefficient (Wildman–Crippen LogP) is 4.74. The van der Waals surface area contributed by atoms with E-state index in [4.69, 9.17) is 11.6 Å². The van der Waals surface area contributed by atoms with Gasteiger partial charge >= 0.3 is 0 Å². The number of hydrogen-bond donors (Lipinski definition) is 1. The van der Waals surface area contributed by atoms with Crippen molar-refractivity contribution in [2.45, 2.75) is 58.3 Å². The summed E-state index contributed by atoms with van der Waals surface area (Å²) >= 11 is 5.78. The summed E-state index contributed by atoms with van der Waals surface area (Å²) in [6, 6.07) is 1.11. The number of pyridine rings is 1. The topological polar surface area (TPSA) is 42.0 Å². The first-order chi connectivity index (χ1) is 10.1. The zero-order chi connectivity index (χ0) is 15.5. The van der Waals surface area contributed by atoms with Crippen molar-refractivity contribution in [1.82, 2.24) is 10.3 Å². The second-order valence-corrected chi connectivity index (χ2v) is 5.58. The second kappa shape index (κ2) is 10.6. The first kappa shape index (κ1) is 17.9. The van der Waals surface area contributed by atoms with Crippen LogP contribution in [0.5, 0.6) is 0 Å². The summed E-state index contributed by atoms with van der Waals surface area (Å²) in [4.78, 5) is 15.4. The molecule has 0 aliphatic carbocycles. The lowest BCUT2D eigenvalue weighted by molar-refractivity contribution is 0.0952. The van der Waals surface area contributed by atoms with E-state index >= 15 is 0 Å². The van der Waals surface area contributed by atoms with Crippen LogP contribution in [0.1, 0.15) is 68.6 Å². The number of nitrogens with zero attached hydrogens (tertiary/aromatic N) is 1. The summed E-state index contributed by atoms with van der Waals surface area (Å²) in [6.07, 6.45) is 10.7. The van der Waals surface area contributed by atoms with Crippen LogP contribution in [0.25, 0.3) is 0 Å². The molecule has 0 bridgehead atoms. The average Bonchev–Trinajstić information content (AvgIpc) is 2.48. The van der Waals surface area contributed by atoms with Crippen molar-refractivity contribution in [3.8, 4) is 0 Å². The number of nitrogens with one attached hydrogen (secondary N) is 1. The molecule has 0 aromatic carbocycles. The number of halogens is 2. The van der Waals surface area contributed by atoms with E-state index in [2.05, 4.69) is 17.2 Å². The van der Waals surface area contributed by atoms with Crippen molar-refractivity contribution in [2.75, 3.05) is 6.54 Å². The van der Waals surface area contributed by atoms with Crippen LogP contribution in [0.3, 0.4) is 0 Å². The molecular weight excluding hydrogens is 291 g/mol. The van der Waals surface area contributed by atoms with E-state index in [9.17, 15) is 9.18 Å². The number of aromatic nitrogens is 1. The van der Waals surface area contributed by atoms with Gasteiger partial charge in [0.1, 0.15) is 11.0 Å². The van der Waals surface area contributed by atoms with Crippen molar-refractivity contribution in [1.29, 1.82) is 0 Å². The Labute approximate surface area is 131 Å². The summed E-state index contributed by atoms with van der Waals surface area (Å²) in [5, 5.41) is 2.78. The van der Waals surface area contributed by atoms with E-state index in [-0.39, 0.29) is 16.6 Å². The van der Waals surface area contributed by atoms with Gasteiger partial charge in [-0.3, -0.25) is 4.79 Å². The Morgan fingerprint density at radius 1 is 1.19 bits per heavy atom. The average molecular weight is 315 g/mol. The van der Waals surface area contributed by atoms with Gasteiger partial charge in [-0.15, -0.1) is 0 Å². The zero-order valence-corrected chi connectivity index (χ0v) is 13.4. The third-order valence-corrected chi connectivity index (χ3v) is 3.67. The fourth-order valence-corrected chi connectivity index (χ4v) is 2.33. The molecule has 21 heavy (non-hydrogen) atoms. The molecule has 1 aromatic heterocycles. The standard InChI is InChI=1S/C16H24ClFN2O/c1-2-3-4-5-6-7-8-9-10-19-16(21)14-11-13(18)12-20-15(14)17/h11-12H,2-10H2,1H3,(H,19,21). The minimum atomic E-state index is -0.559. The molecule has 0 spiro atoms. The van der Waals surface area contributed by atoms with Gasteiger partial charge < -0.3 is 5.32 Å². The Bertz CT molecular complexity index is 440. The van der Waals surface area contributed by atoms with E-state index < -0.39 is 5.82 Å². The van der Waals surface area contributed by atoms with Crippen LogP contribution in [0.15, 0.2) is 12.3 Å². The monoisotopic (exact) mass is 314 g/mol. The molecule has 118 valence electrons. The van der Waals surface area contributed by atoms with Gasteiger partial charge in [0.15, 0.2) is 0 Å². The third-order valence-electron chi connectivity index (χ3n) is 3.37. The zero-order valence-electron chi connectivity index (χ0n) is 12.6. The van der Waals surface area contributed by atoms with Crippen LogP contribution in [0.4, 0.5) is 4.39 Å². The Balaban J connectivity index is 2.12. The van der Waals surface area contributed by atoms with Crippen molar-refractivity contribution < 1.29 is 9.18 Å². The molecule has 0 atom stereocenters. The Morgan fingerprint density at radius 3 is 2.48 bits per heavy atom. The fraction of sp³-hybridized carbons (Fsp3) is 0.625. The van der Waals surface area contributed by atoms with Gasteiger partial charge in [-0.1, -0.05) is 63.5 Å². The van der Waals surface area contributed by atoms with Gasteiger partial charge in [-0.2, -0.15) is 0 Å². The van der Waals surface area contributed by atoms with Gasteiger partial charge in [0.05, 0.1) is 11.8 Å². The molecule has 0 unspecified atom stereocenters. The lowest BCUT2D eigenvalue weighted by Crippen LogP contribution is -2.25. The first-order valence-electron chi connectivity index (χ1n) is 7.74. The first-order valence-corrected chi connectivity index (χ1v) is 8.12. The number of hydrogen-bond acceptors (Lipinski definition) is 2. The van der Waals surface area contributed by atoms with Gasteiger partial charge in [0.2, 0.25) is 0 Å². The van der Waals surface area contributed by atoms with E-state index in [0.717, 1.165) is 25.1 Å². The van der Waals surface area contributed by atoms with Crippen molar-refractivity contribution >= 4 is 17.5 Å². The van der Waals surface area contributed by atoms with Crippen molar-refractivity contribution in [3.05, 3.63) is 28.8 Å². The number of unbranched alkanes of at least 4 members (excludes halogenated alkanes) is 7. The maximum atomic E-state index is 13.0. The van der Waals surface area contributed by atoms with E-state index in [0.29, 0.717) is 6.54 Å². The SMILES string of the molecule is CCCCCCCCCCNC(=O)c1cc(F)cnc1Cl. The number of rotatable bonds is 10. The van der Waals surface area contributed by atoms with Gasteiger partial charge in [-0.05, 0) is 12.5 Å². The normalized spacial score (nSPS) is 10.6. The molecule has 0 fully saturated rings. The summed E-state index contributed by atoms with van der Waals surface area (Å²) < 4.78 is 13.0. The molecule has 1 N–H and O–H groups in total. The Kier molecular flexibility index (Phi) is 8.99. The van der Waals surface area contributed by atoms with Crippen LogP contribution >= 0.6 is 11.6 Å². The molecule has 1 aromatic rings. The second-order valence-electron chi connectivity index (χ2n) is 5.22. The van der Waals surface area contributed by atoms with Crippen LogP contribution in [-0.2, 0) is 0 Å². The summed E-state index contributed by atoms with van der Waals surface area (Å²) in [6.45, 7) is 2.80. The molecule has 1 rings (SSSR count). The number of carbonyl (C=O) groups is 1. The molecule has 0 aliphatic heterocycles. The molecule has 0 radical (unpaired) electrons. The van der Waals surface area contributed by atoms with Crippen molar-refractivity contribution in [3.63, 3.8) is 0 Å². The predicted molar refractivity (Wildman–Crippen MR) is 84.1 cm³/mol. The van der Waals surface area contributed by atoms with E-state index in [1.807, 2.05) is 0 Å². The number of carbonyl (C=O) groups excluding carboxylic acids is 1. The van der Waals surface area contributed by atoms with Crippen LogP contribution in [0, 0.1) is 5.82 Å². The minimum Gasteiger partial charge on any atom is -0.352 e. The maximum absolute atomic E-state index is 13.0. The minimum absolute atomic E-state index is 0.0322. The lowest BCUT2D eigenvalue weighted by atomic mass is 10.1. The van der Waals surface area contributed by atoms with Gasteiger partial charge in [0, 0.05) is 6.54 Å². The molecule has 0 aliphatic rings. The molecule has 1 heterocycles. The summed E-state index contributed by atoms with van der Waals surface area (Å²) in [7, 11) is 0. The largest absolute Gasteiger partial charge is 0.352 e. The highest BCUT2D eigenvalue weighted by Gasteiger charge is 2.11. The van der Waals surface area contributed by atoms with Crippen molar-refractivity contribution in [2.24, 2.45) is 0 Å². The van der Waals surface area contributed by atoms with Crippen LogP contribution in [0.2, 0.25) is 5.15 Å². The summed E-state index contributed by atoms with van der Waals surface area (Å²) in [5.41, 5.74) is 0.0937. The van der Waals surface area contributed by atoms with Crippen LogP contribution in [-0.4, -0.2) is 17.4 Å². The highest BCUT2D eigenvalue weighted by Crippen LogP contribution is 2.13. The van der Waals surface area contributed by atoms with Gasteiger partial charge in [0.25, 0.3) is 5.91 Å². The molecule has 3 nitrogen and oxygen atoms in total. The Hall–Kier alpha value is -1.16.